The van der Waals surface area contributed by atoms with Crippen molar-refractivity contribution in [2.75, 3.05) is 5.73 Å². The van der Waals surface area contributed by atoms with E-state index in [0.29, 0.717) is 20.7 Å². The van der Waals surface area contributed by atoms with E-state index in [1.807, 2.05) is 0 Å². The van der Waals surface area contributed by atoms with Gasteiger partial charge < -0.3 is 10.8 Å². The molecule has 1 aromatic carbocycles. The molecule has 0 unspecified atom stereocenters. The number of aromatic nitrogens is 2. The van der Waals surface area contributed by atoms with Crippen LogP contribution in [0.25, 0.3) is 10.6 Å². The molecule has 4 nitrogen and oxygen atoms in total. The van der Waals surface area contributed by atoms with Gasteiger partial charge in [-0.3, -0.25) is 0 Å². The van der Waals surface area contributed by atoms with Gasteiger partial charge in [0.2, 0.25) is 5.13 Å². The Hall–Kier alpha value is -1.33. The average molecular weight is 228 g/mol. The van der Waals surface area contributed by atoms with Gasteiger partial charge in [-0.1, -0.05) is 22.9 Å². The van der Waals surface area contributed by atoms with E-state index in [1.165, 1.54) is 23.5 Å². The smallest absolute Gasteiger partial charge is 0.203 e. The summed E-state index contributed by atoms with van der Waals surface area (Å²) in [5.74, 6) is 0.137. The van der Waals surface area contributed by atoms with Crippen molar-refractivity contribution in [1.82, 2.24) is 10.2 Å². The largest absolute Gasteiger partial charge is 0.508 e. The Morgan fingerprint density at radius 2 is 2.14 bits per heavy atom. The highest BCUT2D eigenvalue weighted by Crippen LogP contribution is 2.33. The lowest BCUT2D eigenvalue weighted by molar-refractivity contribution is 0.475. The fraction of sp³-hybridized carbons (Fsp3) is 0. The van der Waals surface area contributed by atoms with Crippen molar-refractivity contribution >= 4 is 28.1 Å². The molecule has 1 aromatic heterocycles. The lowest BCUT2D eigenvalue weighted by atomic mass is 10.2. The molecule has 2 rings (SSSR count). The Bertz CT molecular complexity index is 471. The number of rotatable bonds is 1. The van der Waals surface area contributed by atoms with Crippen LogP contribution >= 0.6 is 22.9 Å². The molecule has 2 aromatic rings. The Labute approximate surface area is 89.0 Å². The minimum absolute atomic E-state index is 0.137. The molecular weight excluding hydrogens is 222 g/mol. The third kappa shape index (κ3) is 1.64. The summed E-state index contributed by atoms with van der Waals surface area (Å²) >= 11 is 7.15. The molecule has 0 saturated heterocycles. The maximum Gasteiger partial charge on any atom is 0.203 e. The standard InChI is InChI=1S/C8H6ClN3OS/c9-6-2-1-4(13)3-5(6)7-11-12-8(10)14-7/h1-3,13H,(H2,10,12). The Morgan fingerprint density at radius 3 is 2.79 bits per heavy atom. The van der Waals surface area contributed by atoms with Gasteiger partial charge in [-0.15, -0.1) is 10.2 Å². The number of aromatic hydroxyl groups is 1. The van der Waals surface area contributed by atoms with Gasteiger partial charge in [0.1, 0.15) is 5.75 Å². The minimum atomic E-state index is 0.137. The highest BCUT2D eigenvalue weighted by Gasteiger charge is 2.09. The van der Waals surface area contributed by atoms with Gasteiger partial charge in [0.05, 0.1) is 5.02 Å². The van der Waals surface area contributed by atoms with E-state index in [9.17, 15) is 5.11 Å². The number of hydrogen-bond acceptors (Lipinski definition) is 5. The summed E-state index contributed by atoms with van der Waals surface area (Å²) in [7, 11) is 0. The third-order valence-corrected chi connectivity index (χ3v) is 2.74. The second-order valence-electron chi connectivity index (χ2n) is 2.61. The molecule has 0 aliphatic rings. The summed E-state index contributed by atoms with van der Waals surface area (Å²) in [5, 5.41) is 18.3. The van der Waals surface area contributed by atoms with E-state index >= 15 is 0 Å². The molecule has 72 valence electrons. The molecule has 0 spiro atoms. The van der Waals surface area contributed by atoms with E-state index in [1.54, 1.807) is 6.07 Å². The van der Waals surface area contributed by atoms with Gasteiger partial charge in [0.25, 0.3) is 0 Å². The van der Waals surface area contributed by atoms with Gasteiger partial charge >= 0.3 is 0 Å². The SMILES string of the molecule is Nc1nnc(-c2cc(O)ccc2Cl)s1. The highest BCUT2D eigenvalue weighted by atomic mass is 35.5. The van der Waals surface area contributed by atoms with Crippen molar-refractivity contribution in [2.24, 2.45) is 0 Å². The molecule has 0 fully saturated rings. The fourth-order valence-electron chi connectivity index (χ4n) is 1.02. The molecule has 1 heterocycles. The number of nitrogens with zero attached hydrogens (tertiary/aromatic N) is 2. The first kappa shape index (κ1) is 9.23. The predicted octanol–water partition coefficient (Wildman–Crippen LogP) is 2.15. The summed E-state index contributed by atoms with van der Waals surface area (Å²) in [6.45, 7) is 0. The summed E-state index contributed by atoms with van der Waals surface area (Å²) in [6, 6.07) is 4.64. The van der Waals surface area contributed by atoms with Gasteiger partial charge in [-0.2, -0.15) is 0 Å². The summed E-state index contributed by atoms with van der Waals surface area (Å²) in [4.78, 5) is 0. The average Bonchev–Trinajstić information content (AvgIpc) is 2.56. The Morgan fingerprint density at radius 1 is 1.36 bits per heavy atom. The maximum absolute atomic E-state index is 9.27. The third-order valence-electron chi connectivity index (χ3n) is 1.62. The van der Waals surface area contributed by atoms with Crippen molar-refractivity contribution in [1.29, 1.82) is 0 Å². The van der Waals surface area contributed by atoms with E-state index < -0.39 is 0 Å². The van der Waals surface area contributed by atoms with E-state index in [4.69, 9.17) is 17.3 Å². The van der Waals surface area contributed by atoms with Crippen molar-refractivity contribution in [2.45, 2.75) is 0 Å². The van der Waals surface area contributed by atoms with Crippen LogP contribution in [0.15, 0.2) is 18.2 Å². The van der Waals surface area contributed by atoms with E-state index in [0.717, 1.165) is 0 Å². The summed E-state index contributed by atoms with van der Waals surface area (Å²) < 4.78 is 0. The van der Waals surface area contributed by atoms with Gasteiger partial charge in [-0.05, 0) is 18.2 Å². The first-order valence-corrected chi connectivity index (χ1v) is 4.94. The van der Waals surface area contributed by atoms with Crippen LogP contribution in [0.3, 0.4) is 0 Å². The van der Waals surface area contributed by atoms with Crippen LogP contribution in [0.1, 0.15) is 0 Å². The highest BCUT2D eigenvalue weighted by molar-refractivity contribution is 7.18. The Balaban J connectivity index is 2.55. The molecule has 6 heteroatoms. The molecule has 0 atom stereocenters. The zero-order valence-electron chi connectivity index (χ0n) is 6.94. The maximum atomic E-state index is 9.27. The first-order valence-electron chi connectivity index (χ1n) is 3.74. The molecule has 0 saturated carbocycles. The van der Waals surface area contributed by atoms with Crippen molar-refractivity contribution in [3.63, 3.8) is 0 Å². The summed E-state index contributed by atoms with van der Waals surface area (Å²) in [5.41, 5.74) is 6.08. The van der Waals surface area contributed by atoms with E-state index in [-0.39, 0.29) is 5.75 Å². The van der Waals surface area contributed by atoms with Crippen molar-refractivity contribution in [3.05, 3.63) is 23.2 Å². The molecule has 0 amide bonds. The predicted molar refractivity (Wildman–Crippen MR) is 56.4 cm³/mol. The lowest BCUT2D eigenvalue weighted by Crippen LogP contribution is -1.80. The topological polar surface area (TPSA) is 72.0 Å². The number of benzene rings is 1. The second kappa shape index (κ2) is 3.43. The van der Waals surface area contributed by atoms with Crippen LogP contribution in [0, 0.1) is 0 Å². The first-order chi connectivity index (χ1) is 6.66. The van der Waals surface area contributed by atoms with E-state index in [2.05, 4.69) is 10.2 Å². The van der Waals surface area contributed by atoms with Crippen LogP contribution in [-0.4, -0.2) is 15.3 Å². The quantitative estimate of drug-likeness (QED) is 0.783. The number of phenols is 1. The molecule has 0 aliphatic carbocycles. The van der Waals surface area contributed by atoms with Crippen LogP contribution < -0.4 is 5.73 Å². The molecule has 14 heavy (non-hydrogen) atoms. The number of phenolic OH excluding ortho intramolecular Hbond substituents is 1. The molecular formula is C8H6ClN3OS. The fourth-order valence-corrected chi connectivity index (χ4v) is 1.92. The number of nitrogens with two attached hydrogens (primary N) is 1. The van der Waals surface area contributed by atoms with Crippen LogP contribution in [0.5, 0.6) is 5.75 Å². The molecule has 3 N–H and O–H groups in total. The van der Waals surface area contributed by atoms with Crippen LogP contribution in [0.4, 0.5) is 5.13 Å². The zero-order valence-corrected chi connectivity index (χ0v) is 8.51. The zero-order chi connectivity index (χ0) is 10.1. The molecule has 0 bridgehead atoms. The number of anilines is 1. The lowest BCUT2D eigenvalue weighted by Gasteiger charge is -1.99. The van der Waals surface area contributed by atoms with Crippen LogP contribution in [0.2, 0.25) is 5.02 Å². The van der Waals surface area contributed by atoms with Gasteiger partial charge in [-0.25, -0.2) is 0 Å². The molecule has 0 radical (unpaired) electrons. The molecule has 0 aliphatic heterocycles. The number of halogens is 1. The number of hydrogen-bond donors (Lipinski definition) is 2. The summed E-state index contributed by atoms with van der Waals surface area (Å²) in [6.07, 6.45) is 0. The Kier molecular flexibility index (Phi) is 2.26. The van der Waals surface area contributed by atoms with Gasteiger partial charge in [0.15, 0.2) is 5.01 Å². The minimum Gasteiger partial charge on any atom is -0.508 e. The second-order valence-corrected chi connectivity index (χ2v) is 4.03. The monoisotopic (exact) mass is 227 g/mol. The van der Waals surface area contributed by atoms with Crippen molar-refractivity contribution in [3.8, 4) is 16.3 Å². The normalized spacial score (nSPS) is 10.4. The number of nitrogen functional groups attached to an aromatic ring is 1. The van der Waals surface area contributed by atoms with Crippen molar-refractivity contribution < 1.29 is 5.11 Å². The van der Waals surface area contributed by atoms with Gasteiger partial charge in [0, 0.05) is 5.56 Å². The van der Waals surface area contributed by atoms with Crippen LogP contribution in [-0.2, 0) is 0 Å².